The molecule has 0 aliphatic carbocycles. The molecule has 11 heteroatoms. The van der Waals surface area contributed by atoms with E-state index in [4.69, 9.17) is 4.84 Å². The van der Waals surface area contributed by atoms with Crippen molar-refractivity contribution >= 4 is 66.5 Å². The summed E-state index contributed by atoms with van der Waals surface area (Å²) in [5, 5.41) is 5.40. The Balaban J connectivity index is 1.03. The standard InChI is InChI=1S/C51H55N3O7S/c1-50(2)43(52(41-30-28-37-21-14-16-23-39(37)48(41)50)34-18-10-13-27-47(57)61-54-45(55)32-33-46(54)56)25-11-8-6-5-7-9-12-26-44-51(3,4)49-40-24-17-15-22-38(40)29-31-42(49)53(44)35-19-20-36-62(58,59)60/h5-9,11-12,14-17,21-26,28-31H,10,13,18-20,27,32-36H2,1-4H3. The van der Waals surface area contributed by atoms with Crippen molar-refractivity contribution in [1.82, 2.24) is 5.06 Å². The highest BCUT2D eigenvalue weighted by molar-refractivity contribution is 7.85. The average Bonchev–Trinajstić information content (AvgIpc) is 3.76. The third-order valence-electron chi connectivity index (χ3n) is 12.2. The smallest absolute Gasteiger partial charge is 0.333 e. The van der Waals surface area contributed by atoms with Crippen molar-refractivity contribution in [3.8, 4) is 0 Å². The van der Waals surface area contributed by atoms with E-state index in [1.54, 1.807) is 0 Å². The number of carbonyl (C=O) groups excluding carboxylic acids is 3. The molecular weight excluding hydrogens is 799 g/mol. The van der Waals surface area contributed by atoms with E-state index in [0.29, 0.717) is 30.9 Å². The molecule has 1 fully saturated rings. The summed E-state index contributed by atoms with van der Waals surface area (Å²) in [7, 11) is -4.26. The van der Waals surface area contributed by atoms with Gasteiger partial charge in [0.15, 0.2) is 5.71 Å². The highest BCUT2D eigenvalue weighted by Crippen LogP contribution is 2.51. The lowest BCUT2D eigenvalue weighted by atomic mass is 9.79. The van der Waals surface area contributed by atoms with Crippen LogP contribution in [0.1, 0.15) is 90.2 Å². The van der Waals surface area contributed by atoms with Gasteiger partial charge in [-0.1, -0.05) is 111 Å². The Morgan fingerprint density at radius 3 is 2.02 bits per heavy atom. The number of anilines is 1. The molecule has 0 unspecified atom stereocenters. The number of amides is 2. The number of fused-ring (bicyclic) bond motifs is 6. The zero-order valence-corrected chi connectivity index (χ0v) is 36.8. The number of carbonyl (C=O) groups is 3. The van der Waals surface area contributed by atoms with E-state index in [9.17, 15) is 27.4 Å². The van der Waals surface area contributed by atoms with Gasteiger partial charge in [0.2, 0.25) is 5.69 Å². The first kappa shape index (κ1) is 44.2. The summed E-state index contributed by atoms with van der Waals surface area (Å²) in [5.74, 6) is -1.87. The molecule has 3 aliphatic rings. The maximum atomic E-state index is 12.4. The zero-order valence-electron chi connectivity index (χ0n) is 36.0. The van der Waals surface area contributed by atoms with Crippen LogP contribution in [0.15, 0.2) is 133 Å². The van der Waals surface area contributed by atoms with Gasteiger partial charge in [-0.25, -0.2) is 13.2 Å². The maximum Gasteiger partial charge on any atom is 0.333 e. The van der Waals surface area contributed by atoms with E-state index in [0.717, 1.165) is 30.8 Å². The van der Waals surface area contributed by atoms with Crippen LogP contribution >= 0.6 is 0 Å². The third-order valence-corrected chi connectivity index (χ3v) is 13.0. The Kier molecular flexibility index (Phi) is 13.2. The molecule has 0 spiro atoms. The number of allylic oxidation sites excluding steroid dienone is 10. The van der Waals surface area contributed by atoms with Gasteiger partial charge >= 0.3 is 5.97 Å². The van der Waals surface area contributed by atoms with Gasteiger partial charge in [-0.05, 0) is 84.8 Å². The fourth-order valence-corrected chi connectivity index (χ4v) is 9.79. The van der Waals surface area contributed by atoms with Gasteiger partial charge in [0.05, 0.1) is 15.5 Å². The summed E-state index contributed by atoms with van der Waals surface area (Å²) in [5.41, 5.74) is 6.53. The molecule has 7 rings (SSSR count). The van der Waals surface area contributed by atoms with Crippen molar-refractivity contribution in [2.75, 3.05) is 23.7 Å². The molecule has 0 bridgehead atoms. The van der Waals surface area contributed by atoms with Gasteiger partial charge in [0.1, 0.15) is 6.54 Å². The minimum atomic E-state index is -4.26. The van der Waals surface area contributed by atoms with Crippen LogP contribution in [0.25, 0.3) is 21.5 Å². The molecule has 0 aromatic heterocycles. The number of hydrogen-bond acceptors (Lipinski definition) is 8. The summed E-state index contributed by atoms with van der Waals surface area (Å²) in [6, 6.07) is 25.5. The first-order valence-corrected chi connectivity index (χ1v) is 23.1. The molecule has 2 amide bonds. The SMILES string of the molecule is CC1(C)C(/C=C/C=C/C=C/C=C/C=C2/N(CCCCS(=O)(=O)[O-])c3ccc4ccccc4c3C2(C)C)=[N+](CCCCCC(=O)ON2C(=O)CCC2=O)c2ccc3ccccc3c21. The first-order valence-electron chi connectivity index (χ1n) is 21.5. The summed E-state index contributed by atoms with van der Waals surface area (Å²) in [6.45, 7) is 10.3. The van der Waals surface area contributed by atoms with Crippen LogP contribution in [0, 0.1) is 0 Å². The zero-order chi connectivity index (χ0) is 44.1. The van der Waals surface area contributed by atoms with Crippen LogP contribution in [0.5, 0.6) is 0 Å². The van der Waals surface area contributed by atoms with E-state index >= 15 is 0 Å². The number of benzene rings is 4. The normalized spacial score (nSPS) is 18.0. The molecule has 0 radical (unpaired) electrons. The second kappa shape index (κ2) is 18.6. The second-order valence-corrected chi connectivity index (χ2v) is 18.7. The van der Waals surface area contributed by atoms with Crippen molar-refractivity contribution < 1.29 is 36.8 Å². The fourth-order valence-electron chi connectivity index (χ4n) is 9.24. The van der Waals surface area contributed by atoms with Crippen LogP contribution < -0.4 is 4.90 Å². The molecule has 1 saturated heterocycles. The summed E-state index contributed by atoms with van der Waals surface area (Å²) in [4.78, 5) is 43.4. The van der Waals surface area contributed by atoms with Gasteiger partial charge in [-0.3, -0.25) is 9.59 Å². The average molecular weight is 854 g/mol. The summed E-state index contributed by atoms with van der Waals surface area (Å²) >= 11 is 0. The highest BCUT2D eigenvalue weighted by atomic mass is 32.2. The van der Waals surface area contributed by atoms with Crippen molar-refractivity contribution in [1.29, 1.82) is 0 Å². The minimum Gasteiger partial charge on any atom is -0.748 e. The van der Waals surface area contributed by atoms with E-state index in [2.05, 4.69) is 122 Å². The molecule has 10 nitrogen and oxygen atoms in total. The third kappa shape index (κ3) is 9.44. The van der Waals surface area contributed by atoms with Gasteiger partial charge in [0, 0.05) is 72.5 Å². The van der Waals surface area contributed by atoms with E-state index in [1.165, 1.54) is 44.1 Å². The van der Waals surface area contributed by atoms with Gasteiger partial charge in [-0.2, -0.15) is 4.58 Å². The Morgan fingerprint density at radius 1 is 0.726 bits per heavy atom. The molecule has 3 aliphatic heterocycles. The lowest BCUT2D eigenvalue weighted by Gasteiger charge is -2.27. The number of hydrogen-bond donors (Lipinski definition) is 0. The number of nitrogens with zero attached hydrogens (tertiary/aromatic N) is 3. The molecule has 4 aromatic carbocycles. The van der Waals surface area contributed by atoms with Crippen molar-refractivity contribution in [3.63, 3.8) is 0 Å². The van der Waals surface area contributed by atoms with Crippen LogP contribution in [-0.2, 0) is 40.2 Å². The number of imide groups is 1. The monoisotopic (exact) mass is 853 g/mol. The Hall–Kier alpha value is -5.91. The van der Waals surface area contributed by atoms with Crippen LogP contribution in [0.2, 0.25) is 0 Å². The predicted octanol–water partition coefficient (Wildman–Crippen LogP) is 9.77. The second-order valence-electron chi connectivity index (χ2n) is 17.2. The first-order chi connectivity index (χ1) is 29.7. The molecule has 322 valence electrons. The highest BCUT2D eigenvalue weighted by Gasteiger charge is 2.45. The summed E-state index contributed by atoms with van der Waals surface area (Å²) in [6.07, 6.45) is 21.8. The molecule has 0 atom stereocenters. The fraction of sp³-hybridized carbons (Fsp3) is 0.333. The molecule has 0 N–H and O–H groups in total. The van der Waals surface area contributed by atoms with Crippen molar-refractivity contribution in [2.24, 2.45) is 0 Å². The number of rotatable bonds is 17. The minimum absolute atomic E-state index is 0.0754. The maximum absolute atomic E-state index is 12.4. The Bertz CT molecular complexity index is 2690. The van der Waals surface area contributed by atoms with Crippen LogP contribution in [0.3, 0.4) is 0 Å². The van der Waals surface area contributed by atoms with Crippen molar-refractivity contribution in [3.05, 3.63) is 144 Å². The molecule has 62 heavy (non-hydrogen) atoms. The molecule has 4 aromatic rings. The van der Waals surface area contributed by atoms with Crippen LogP contribution in [0.4, 0.5) is 11.4 Å². The summed E-state index contributed by atoms with van der Waals surface area (Å²) < 4.78 is 36.3. The van der Waals surface area contributed by atoms with Crippen LogP contribution in [-0.4, -0.2) is 64.9 Å². The van der Waals surface area contributed by atoms with Gasteiger partial charge in [-0.15, -0.1) is 5.06 Å². The van der Waals surface area contributed by atoms with Gasteiger partial charge < -0.3 is 14.3 Å². The molecule has 0 saturated carbocycles. The van der Waals surface area contributed by atoms with E-state index in [-0.39, 0.29) is 35.8 Å². The number of unbranched alkanes of at least 4 members (excludes halogenated alkanes) is 3. The Labute approximate surface area is 365 Å². The lowest BCUT2D eigenvalue weighted by Crippen LogP contribution is -2.31. The topological polar surface area (TPSA) is 127 Å². The van der Waals surface area contributed by atoms with Crippen molar-refractivity contribution in [2.45, 2.75) is 89.9 Å². The van der Waals surface area contributed by atoms with Gasteiger partial charge in [0.25, 0.3) is 11.8 Å². The predicted molar refractivity (Wildman–Crippen MR) is 245 cm³/mol. The largest absolute Gasteiger partial charge is 0.748 e. The number of hydroxylamine groups is 2. The van der Waals surface area contributed by atoms with E-state index < -0.39 is 27.9 Å². The molecular formula is C51H55N3O7S. The Morgan fingerprint density at radius 2 is 1.34 bits per heavy atom. The molecule has 3 heterocycles. The quantitative estimate of drug-likeness (QED) is 0.0338. The van der Waals surface area contributed by atoms with E-state index in [1.807, 2.05) is 42.5 Å². The lowest BCUT2D eigenvalue weighted by molar-refractivity contribution is -0.438.